The summed E-state index contributed by atoms with van der Waals surface area (Å²) in [6.07, 6.45) is 5.23. The van der Waals surface area contributed by atoms with Gasteiger partial charge in [-0.15, -0.1) is 0 Å². The number of fused-ring (bicyclic) bond motifs is 1. The number of nitrogens with zero attached hydrogens (tertiary/aromatic N) is 3. The third-order valence-electron chi connectivity index (χ3n) is 3.32. The predicted octanol–water partition coefficient (Wildman–Crippen LogP) is 1.98. The van der Waals surface area contributed by atoms with E-state index < -0.39 is 0 Å². The number of carbonyl (C=O) groups excluding carboxylic acids is 1. The monoisotopic (exact) mass is 296 g/mol. The van der Waals surface area contributed by atoms with Gasteiger partial charge in [0.2, 0.25) is 0 Å². The molecular weight excluding hydrogens is 280 g/mol. The van der Waals surface area contributed by atoms with E-state index in [1.165, 1.54) is 0 Å². The van der Waals surface area contributed by atoms with Gasteiger partial charge in [-0.1, -0.05) is 12.1 Å². The molecule has 0 saturated carbocycles. The van der Waals surface area contributed by atoms with Crippen molar-refractivity contribution in [2.24, 2.45) is 0 Å². The molecule has 6 nitrogen and oxygen atoms in total. The number of nitrogens with one attached hydrogen (secondary N) is 1. The number of aromatic nitrogens is 3. The number of hydrogen-bond acceptors (Lipinski definition) is 4. The van der Waals surface area contributed by atoms with E-state index >= 15 is 0 Å². The van der Waals surface area contributed by atoms with Crippen LogP contribution in [0.2, 0.25) is 0 Å². The number of ether oxygens (including phenoxy) is 1. The van der Waals surface area contributed by atoms with Crippen LogP contribution in [0.4, 0.5) is 0 Å². The summed E-state index contributed by atoms with van der Waals surface area (Å²) in [5.74, 6) is 0.543. The molecule has 3 rings (SSSR count). The summed E-state index contributed by atoms with van der Waals surface area (Å²) in [6.45, 7) is 2.30. The minimum atomic E-state index is -0.244. The molecule has 1 aromatic carbocycles. The quantitative estimate of drug-likeness (QED) is 0.799. The molecule has 1 N–H and O–H groups in total. The highest BCUT2D eigenvalue weighted by Crippen LogP contribution is 2.12. The van der Waals surface area contributed by atoms with E-state index in [1.807, 2.05) is 37.4 Å². The first-order chi connectivity index (χ1) is 10.7. The van der Waals surface area contributed by atoms with Gasteiger partial charge in [0.1, 0.15) is 5.75 Å². The third kappa shape index (κ3) is 2.76. The number of hydrogen-bond donors (Lipinski definition) is 1. The van der Waals surface area contributed by atoms with Crippen LogP contribution in [0.15, 0.2) is 42.9 Å². The Bertz CT molecular complexity index is 809. The Hall–Kier alpha value is -2.89. The van der Waals surface area contributed by atoms with E-state index in [4.69, 9.17) is 4.74 Å². The molecule has 0 bridgehead atoms. The van der Waals surface area contributed by atoms with Crippen LogP contribution < -0.4 is 10.1 Å². The number of aryl methyl sites for hydroxylation is 1. The summed E-state index contributed by atoms with van der Waals surface area (Å²) in [4.78, 5) is 20.8. The van der Waals surface area contributed by atoms with Gasteiger partial charge in [-0.3, -0.25) is 4.79 Å². The van der Waals surface area contributed by atoms with Gasteiger partial charge in [0.05, 0.1) is 12.8 Å². The molecule has 0 aliphatic rings. The van der Waals surface area contributed by atoms with Gasteiger partial charge in [-0.2, -0.15) is 0 Å². The lowest BCUT2D eigenvalue weighted by Gasteiger charge is -2.06. The zero-order valence-electron chi connectivity index (χ0n) is 12.4. The van der Waals surface area contributed by atoms with Crippen LogP contribution in [0.1, 0.15) is 21.7 Å². The molecule has 6 heteroatoms. The number of methoxy groups -OCH3 is 1. The number of amides is 1. The minimum absolute atomic E-state index is 0.244. The zero-order valence-corrected chi connectivity index (χ0v) is 12.4. The molecule has 2 aromatic heterocycles. The molecule has 0 atom stereocenters. The average Bonchev–Trinajstić information content (AvgIpc) is 2.93. The van der Waals surface area contributed by atoms with E-state index in [1.54, 1.807) is 23.9 Å². The average molecular weight is 296 g/mol. The molecule has 0 spiro atoms. The molecule has 0 aliphatic carbocycles. The smallest absolute Gasteiger partial charge is 0.274 e. The van der Waals surface area contributed by atoms with Crippen molar-refractivity contribution in [2.75, 3.05) is 7.11 Å². The van der Waals surface area contributed by atoms with Crippen LogP contribution in [0, 0.1) is 6.92 Å². The summed E-state index contributed by atoms with van der Waals surface area (Å²) in [7, 11) is 1.62. The largest absolute Gasteiger partial charge is 0.497 e. The minimum Gasteiger partial charge on any atom is -0.497 e. The van der Waals surface area contributed by atoms with E-state index in [2.05, 4.69) is 15.3 Å². The second-order valence-electron chi connectivity index (χ2n) is 4.92. The van der Waals surface area contributed by atoms with E-state index in [0.29, 0.717) is 17.9 Å². The molecule has 2 heterocycles. The van der Waals surface area contributed by atoms with Gasteiger partial charge in [0.15, 0.2) is 11.3 Å². The van der Waals surface area contributed by atoms with Gasteiger partial charge in [-0.25, -0.2) is 9.97 Å². The maximum absolute atomic E-state index is 12.3. The highest BCUT2D eigenvalue weighted by molar-refractivity contribution is 5.97. The van der Waals surface area contributed by atoms with Crippen molar-refractivity contribution in [3.05, 3.63) is 59.8 Å². The van der Waals surface area contributed by atoms with Crippen LogP contribution in [0.5, 0.6) is 5.75 Å². The van der Waals surface area contributed by atoms with Crippen LogP contribution >= 0.6 is 0 Å². The maximum Gasteiger partial charge on any atom is 0.274 e. The molecule has 0 aliphatic heterocycles. The van der Waals surface area contributed by atoms with Crippen molar-refractivity contribution in [1.82, 2.24) is 19.7 Å². The Labute approximate surface area is 127 Å². The number of benzene rings is 1. The molecule has 0 radical (unpaired) electrons. The fraction of sp³-hybridized carbons (Fsp3) is 0.188. The second kappa shape index (κ2) is 5.85. The zero-order chi connectivity index (χ0) is 15.5. The van der Waals surface area contributed by atoms with Crippen LogP contribution in [-0.4, -0.2) is 27.4 Å². The fourth-order valence-corrected chi connectivity index (χ4v) is 2.21. The van der Waals surface area contributed by atoms with Gasteiger partial charge >= 0.3 is 0 Å². The summed E-state index contributed by atoms with van der Waals surface area (Å²) < 4.78 is 6.90. The van der Waals surface area contributed by atoms with Crippen molar-refractivity contribution in [3.63, 3.8) is 0 Å². The van der Waals surface area contributed by atoms with Crippen molar-refractivity contribution < 1.29 is 9.53 Å². The van der Waals surface area contributed by atoms with E-state index in [-0.39, 0.29) is 5.91 Å². The maximum atomic E-state index is 12.3. The van der Waals surface area contributed by atoms with Crippen LogP contribution in [0.3, 0.4) is 0 Å². The Morgan fingerprint density at radius 1 is 1.32 bits per heavy atom. The highest BCUT2D eigenvalue weighted by Gasteiger charge is 2.13. The lowest BCUT2D eigenvalue weighted by molar-refractivity contribution is 0.0947. The van der Waals surface area contributed by atoms with Crippen LogP contribution in [-0.2, 0) is 6.54 Å². The van der Waals surface area contributed by atoms with Gasteiger partial charge in [0, 0.05) is 25.1 Å². The topological polar surface area (TPSA) is 68.5 Å². The van der Waals surface area contributed by atoms with Crippen molar-refractivity contribution >= 4 is 11.6 Å². The Morgan fingerprint density at radius 2 is 2.09 bits per heavy atom. The summed E-state index contributed by atoms with van der Waals surface area (Å²) in [5, 5.41) is 2.86. The van der Waals surface area contributed by atoms with Crippen molar-refractivity contribution in [2.45, 2.75) is 13.5 Å². The Morgan fingerprint density at radius 3 is 2.82 bits per heavy atom. The fourth-order valence-electron chi connectivity index (χ4n) is 2.21. The molecule has 0 unspecified atom stereocenters. The molecule has 3 aromatic rings. The molecule has 0 saturated heterocycles. The second-order valence-corrected chi connectivity index (χ2v) is 4.92. The molecule has 1 amide bonds. The Kier molecular flexibility index (Phi) is 3.74. The van der Waals surface area contributed by atoms with Gasteiger partial charge < -0.3 is 14.5 Å². The SMILES string of the molecule is COc1ccc(CNC(=O)c2nccn3cc(C)nc23)cc1. The highest BCUT2D eigenvalue weighted by atomic mass is 16.5. The number of imidazole rings is 1. The lowest BCUT2D eigenvalue weighted by Crippen LogP contribution is -2.24. The summed E-state index contributed by atoms with van der Waals surface area (Å²) in [5.41, 5.74) is 2.72. The number of carbonyl (C=O) groups is 1. The molecule has 0 fully saturated rings. The van der Waals surface area contributed by atoms with E-state index in [0.717, 1.165) is 17.0 Å². The summed E-state index contributed by atoms with van der Waals surface area (Å²) in [6, 6.07) is 7.54. The molecule has 22 heavy (non-hydrogen) atoms. The summed E-state index contributed by atoms with van der Waals surface area (Å²) >= 11 is 0. The standard InChI is InChI=1S/C16H16N4O2/c1-11-10-20-8-7-17-14(15(20)19-11)16(21)18-9-12-3-5-13(22-2)6-4-12/h3-8,10H,9H2,1-2H3,(H,18,21). The first-order valence-corrected chi connectivity index (χ1v) is 6.89. The first kappa shape index (κ1) is 14.1. The van der Waals surface area contributed by atoms with Crippen LogP contribution in [0.25, 0.3) is 5.65 Å². The normalized spacial score (nSPS) is 10.6. The lowest BCUT2D eigenvalue weighted by atomic mass is 10.2. The van der Waals surface area contributed by atoms with E-state index in [9.17, 15) is 4.79 Å². The Balaban J connectivity index is 1.75. The predicted molar refractivity (Wildman–Crippen MR) is 81.9 cm³/mol. The van der Waals surface area contributed by atoms with Crippen molar-refractivity contribution in [1.29, 1.82) is 0 Å². The first-order valence-electron chi connectivity index (χ1n) is 6.89. The number of rotatable bonds is 4. The van der Waals surface area contributed by atoms with Gasteiger partial charge in [-0.05, 0) is 24.6 Å². The molecular formula is C16H16N4O2. The van der Waals surface area contributed by atoms with Crippen molar-refractivity contribution in [3.8, 4) is 5.75 Å². The molecule has 112 valence electrons. The third-order valence-corrected chi connectivity index (χ3v) is 3.32. The van der Waals surface area contributed by atoms with Gasteiger partial charge in [0.25, 0.3) is 5.91 Å².